The summed E-state index contributed by atoms with van der Waals surface area (Å²) in [7, 11) is 1.68. The SMILES string of the molecule is COC(C(N)c1cc2cc(Cl)ccc2o1)C(C)(C)C. The lowest BCUT2D eigenvalue weighted by Crippen LogP contribution is -2.38. The standard InChI is InChI=1S/C15H20ClNO2/c1-15(2,3)14(18-4)13(17)12-8-9-7-10(16)5-6-11(9)19-12/h5-8,13-14H,17H2,1-4H3. The van der Waals surface area contributed by atoms with E-state index in [0.29, 0.717) is 5.02 Å². The van der Waals surface area contributed by atoms with Crippen molar-refractivity contribution in [3.63, 3.8) is 0 Å². The quantitative estimate of drug-likeness (QED) is 0.919. The van der Waals surface area contributed by atoms with Crippen molar-refractivity contribution < 1.29 is 9.15 Å². The van der Waals surface area contributed by atoms with Gasteiger partial charge in [0, 0.05) is 17.5 Å². The molecule has 0 aliphatic heterocycles. The third-order valence-electron chi connectivity index (χ3n) is 3.26. The van der Waals surface area contributed by atoms with Gasteiger partial charge in [-0.3, -0.25) is 0 Å². The minimum absolute atomic E-state index is 0.0647. The van der Waals surface area contributed by atoms with E-state index < -0.39 is 0 Å². The summed E-state index contributed by atoms with van der Waals surface area (Å²) in [5.41, 5.74) is 7.01. The van der Waals surface area contributed by atoms with Gasteiger partial charge in [-0.15, -0.1) is 0 Å². The van der Waals surface area contributed by atoms with Crippen LogP contribution in [0, 0.1) is 5.41 Å². The number of halogens is 1. The molecular weight excluding hydrogens is 262 g/mol. The second-order valence-corrected chi connectivity index (χ2v) is 6.32. The van der Waals surface area contributed by atoms with Gasteiger partial charge in [0.05, 0.1) is 12.1 Å². The first kappa shape index (κ1) is 14.4. The first-order valence-electron chi connectivity index (χ1n) is 6.30. The maximum absolute atomic E-state index is 6.29. The maximum Gasteiger partial charge on any atom is 0.134 e. The predicted molar refractivity (Wildman–Crippen MR) is 78.4 cm³/mol. The van der Waals surface area contributed by atoms with E-state index in [4.69, 9.17) is 26.5 Å². The zero-order valence-electron chi connectivity index (χ0n) is 11.7. The predicted octanol–water partition coefficient (Wildman–Crippen LogP) is 4.15. The van der Waals surface area contributed by atoms with Gasteiger partial charge in [-0.05, 0) is 29.7 Å². The normalized spacial score (nSPS) is 15.7. The fraction of sp³-hybridized carbons (Fsp3) is 0.467. The number of rotatable bonds is 3. The van der Waals surface area contributed by atoms with Gasteiger partial charge in [-0.25, -0.2) is 0 Å². The van der Waals surface area contributed by atoms with E-state index in [1.165, 1.54) is 0 Å². The molecule has 0 radical (unpaired) electrons. The molecule has 104 valence electrons. The van der Waals surface area contributed by atoms with E-state index in [9.17, 15) is 0 Å². The molecule has 0 saturated carbocycles. The van der Waals surface area contributed by atoms with Crippen LogP contribution in [0.2, 0.25) is 5.02 Å². The number of hydrogen-bond acceptors (Lipinski definition) is 3. The Kier molecular flexibility index (Phi) is 3.90. The Hall–Kier alpha value is -1.03. The van der Waals surface area contributed by atoms with Crippen molar-refractivity contribution >= 4 is 22.6 Å². The summed E-state index contributed by atoms with van der Waals surface area (Å²) < 4.78 is 11.3. The molecule has 0 fully saturated rings. The molecule has 4 heteroatoms. The molecule has 0 saturated heterocycles. The van der Waals surface area contributed by atoms with Crippen LogP contribution in [0.3, 0.4) is 0 Å². The number of ether oxygens (including phenoxy) is 1. The Morgan fingerprint density at radius 1 is 1.26 bits per heavy atom. The van der Waals surface area contributed by atoms with Crippen LogP contribution in [0.25, 0.3) is 11.0 Å². The smallest absolute Gasteiger partial charge is 0.134 e. The number of methoxy groups -OCH3 is 1. The summed E-state index contributed by atoms with van der Waals surface area (Å²) in [6, 6.07) is 7.16. The van der Waals surface area contributed by atoms with Crippen molar-refractivity contribution in [3.8, 4) is 0 Å². The largest absolute Gasteiger partial charge is 0.459 e. The van der Waals surface area contributed by atoms with Crippen molar-refractivity contribution in [1.29, 1.82) is 0 Å². The average molecular weight is 282 g/mol. The highest BCUT2D eigenvalue weighted by atomic mass is 35.5. The number of hydrogen-bond donors (Lipinski definition) is 1. The molecule has 0 amide bonds. The highest BCUT2D eigenvalue weighted by molar-refractivity contribution is 6.31. The van der Waals surface area contributed by atoms with Gasteiger partial charge < -0.3 is 14.9 Å². The first-order valence-corrected chi connectivity index (χ1v) is 6.68. The molecule has 2 atom stereocenters. The third kappa shape index (κ3) is 2.94. The summed E-state index contributed by atoms with van der Waals surface area (Å²) in [6.07, 6.45) is -0.122. The molecular formula is C15H20ClNO2. The molecule has 0 bridgehead atoms. The van der Waals surface area contributed by atoms with Gasteiger partial charge >= 0.3 is 0 Å². The van der Waals surface area contributed by atoms with Gasteiger partial charge in [0.2, 0.25) is 0 Å². The fourth-order valence-electron chi connectivity index (χ4n) is 2.39. The molecule has 2 rings (SSSR count). The van der Waals surface area contributed by atoms with E-state index in [2.05, 4.69) is 20.8 Å². The third-order valence-corrected chi connectivity index (χ3v) is 3.49. The lowest BCUT2D eigenvalue weighted by atomic mass is 9.84. The molecule has 2 aromatic rings. The van der Waals surface area contributed by atoms with Crippen LogP contribution in [-0.4, -0.2) is 13.2 Å². The summed E-state index contributed by atoms with van der Waals surface area (Å²) in [4.78, 5) is 0. The van der Waals surface area contributed by atoms with Crippen LogP contribution in [0.1, 0.15) is 32.6 Å². The monoisotopic (exact) mass is 281 g/mol. The number of fused-ring (bicyclic) bond motifs is 1. The van der Waals surface area contributed by atoms with Gasteiger partial charge in [0.15, 0.2) is 0 Å². The van der Waals surface area contributed by atoms with E-state index >= 15 is 0 Å². The Balaban J connectivity index is 2.38. The maximum atomic E-state index is 6.29. The van der Waals surface area contributed by atoms with Crippen LogP contribution in [0.5, 0.6) is 0 Å². The molecule has 1 aromatic carbocycles. The number of furan rings is 1. The van der Waals surface area contributed by atoms with E-state index in [-0.39, 0.29) is 17.6 Å². The van der Waals surface area contributed by atoms with Gasteiger partial charge in [0.1, 0.15) is 11.3 Å². The highest BCUT2D eigenvalue weighted by Gasteiger charge is 2.33. The van der Waals surface area contributed by atoms with Crippen LogP contribution in [0.4, 0.5) is 0 Å². The molecule has 2 unspecified atom stereocenters. The van der Waals surface area contributed by atoms with Crippen molar-refractivity contribution in [2.75, 3.05) is 7.11 Å². The van der Waals surface area contributed by atoms with Crippen LogP contribution < -0.4 is 5.73 Å². The molecule has 0 aliphatic rings. The second kappa shape index (κ2) is 5.16. The van der Waals surface area contributed by atoms with Gasteiger partial charge in [0.25, 0.3) is 0 Å². The van der Waals surface area contributed by atoms with Crippen LogP contribution in [-0.2, 0) is 4.74 Å². The Bertz CT molecular complexity index is 571. The topological polar surface area (TPSA) is 48.4 Å². The van der Waals surface area contributed by atoms with Crippen molar-refractivity contribution in [1.82, 2.24) is 0 Å². The molecule has 3 nitrogen and oxygen atoms in total. The number of benzene rings is 1. The molecule has 0 spiro atoms. The Morgan fingerprint density at radius 3 is 2.53 bits per heavy atom. The lowest BCUT2D eigenvalue weighted by molar-refractivity contribution is -0.00667. The highest BCUT2D eigenvalue weighted by Crippen LogP contribution is 2.33. The first-order chi connectivity index (χ1) is 8.82. The molecule has 1 heterocycles. The summed E-state index contributed by atoms with van der Waals surface area (Å²) in [5, 5.41) is 1.65. The Morgan fingerprint density at radius 2 is 1.95 bits per heavy atom. The molecule has 2 N–H and O–H groups in total. The summed E-state index contributed by atoms with van der Waals surface area (Å²) in [6.45, 7) is 6.29. The Labute approximate surface area is 118 Å². The van der Waals surface area contributed by atoms with E-state index in [0.717, 1.165) is 16.7 Å². The zero-order valence-corrected chi connectivity index (χ0v) is 12.5. The van der Waals surface area contributed by atoms with E-state index in [1.807, 2.05) is 18.2 Å². The van der Waals surface area contributed by atoms with E-state index in [1.54, 1.807) is 13.2 Å². The minimum atomic E-state index is -0.309. The van der Waals surface area contributed by atoms with Crippen molar-refractivity contribution in [2.45, 2.75) is 32.9 Å². The zero-order chi connectivity index (χ0) is 14.2. The van der Waals surface area contributed by atoms with Crippen molar-refractivity contribution in [3.05, 3.63) is 35.0 Å². The average Bonchev–Trinajstić information content (AvgIpc) is 2.70. The van der Waals surface area contributed by atoms with Crippen molar-refractivity contribution in [2.24, 2.45) is 11.1 Å². The van der Waals surface area contributed by atoms with Gasteiger partial charge in [-0.2, -0.15) is 0 Å². The summed E-state index contributed by atoms with van der Waals surface area (Å²) in [5.74, 6) is 0.721. The minimum Gasteiger partial charge on any atom is -0.459 e. The molecule has 0 aliphatic carbocycles. The van der Waals surface area contributed by atoms with Crippen LogP contribution >= 0.6 is 11.6 Å². The lowest BCUT2D eigenvalue weighted by Gasteiger charge is -2.32. The second-order valence-electron chi connectivity index (χ2n) is 5.88. The molecule has 1 aromatic heterocycles. The van der Waals surface area contributed by atoms with Crippen LogP contribution in [0.15, 0.2) is 28.7 Å². The summed E-state index contributed by atoms with van der Waals surface area (Å²) >= 11 is 5.97. The van der Waals surface area contributed by atoms with Gasteiger partial charge in [-0.1, -0.05) is 32.4 Å². The number of nitrogens with two attached hydrogens (primary N) is 1. The molecule has 19 heavy (non-hydrogen) atoms. The fourth-order valence-corrected chi connectivity index (χ4v) is 2.57.